The van der Waals surface area contributed by atoms with Gasteiger partial charge in [0.15, 0.2) is 0 Å². The first-order chi connectivity index (χ1) is 9.49. The van der Waals surface area contributed by atoms with Gasteiger partial charge in [-0.1, -0.05) is 11.6 Å². The number of nitrogens with one attached hydrogen (secondary N) is 2. The molecule has 0 aliphatic carbocycles. The zero-order chi connectivity index (χ0) is 14.7. The molecular formula is C14H13BrClN3O. The second-order valence-corrected chi connectivity index (χ2v) is 5.48. The number of aromatic nitrogens is 1. The van der Waals surface area contributed by atoms with Crippen molar-refractivity contribution in [1.29, 1.82) is 0 Å². The maximum absolute atomic E-state index is 12.2. The van der Waals surface area contributed by atoms with Gasteiger partial charge in [0.2, 0.25) is 0 Å². The molecule has 2 aromatic rings. The number of rotatable bonds is 3. The van der Waals surface area contributed by atoms with Crippen LogP contribution in [0.15, 0.2) is 34.8 Å². The number of amides is 1. The molecule has 1 amide bonds. The van der Waals surface area contributed by atoms with E-state index in [1.165, 1.54) is 0 Å². The normalized spacial score (nSPS) is 10.2. The molecule has 1 aromatic heterocycles. The fourth-order valence-corrected chi connectivity index (χ4v) is 2.20. The molecule has 1 aromatic carbocycles. The third-order valence-electron chi connectivity index (χ3n) is 2.65. The average Bonchev–Trinajstić information content (AvgIpc) is 2.42. The van der Waals surface area contributed by atoms with Crippen molar-refractivity contribution < 1.29 is 4.79 Å². The van der Waals surface area contributed by atoms with E-state index in [9.17, 15) is 4.79 Å². The minimum Gasteiger partial charge on any atom is -0.373 e. The highest BCUT2D eigenvalue weighted by Gasteiger charge is 2.09. The Bertz CT molecular complexity index is 661. The molecule has 0 saturated carbocycles. The van der Waals surface area contributed by atoms with E-state index in [-0.39, 0.29) is 5.91 Å². The molecule has 0 atom stereocenters. The van der Waals surface area contributed by atoms with Crippen molar-refractivity contribution >= 4 is 44.9 Å². The smallest absolute Gasteiger partial charge is 0.255 e. The van der Waals surface area contributed by atoms with Crippen LogP contribution in [0.2, 0.25) is 5.02 Å². The molecule has 0 bridgehead atoms. The minimum atomic E-state index is -0.193. The zero-order valence-electron chi connectivity index (χ0n) is 11.0. The summed E-state index contributed by atoms with van der Waals surface area (Å²) in [6.45, 7) is 1.84. The van der Waals surface area contributed by atoms with Crippen LogP contribution in [0.4, 0.5) is 11.5 Å². The van der Waals surface area contributed by atoms with Crippen LogP contribution in [0.25, 0.3) is 0 Å². The summed E-state index contributed by atoms with van der Waals surface area (Å²) >= 11 is 9.24. The number of hydrogen-bond acceptors (Lipinski definition) is 3. The van der Waals surface area contributed by atoms with Crippen molar-refractivity contribution in [2.45, 2.75) is 6.92 Å². The number of carbonyl (C=O) groups excluding carboxylic acids is 1. The van der Waals surface area contributed by atoms with Crippen LogP contribution in [0.1, 0.15) is 16.1 Å². The summed E-state index contributed by atoms with van der Waals surface area (Å²) in [6, 6.07) is 8.66. The highest BCUT2D eigenvalue weighted by Crippen LogP contribution is 2.25. The van der Waals surface area contributed by atoms with E-state index in [0.29, 0.717) is 22.1 Å². The standard InChI is InChI=1S/C14H13BrClN3O/c1-8-5-9(6-13(17-2)18-8)14(20)19-10-3-4-12(16)11(15)7-10/h3-7H,1-2H3,(H,17,18)(H,19,20). The number of pyridine rings is 1. The molecule has 6 heteroatoms. The van der Waals surface area contributed by atoms with E-state index >= 15 is 0 Å². The average molecular weight is 355 g/mol. The molecule has 0 saturated heterocycles. The number of benzene rings is 1. The van der Waals surface area contributed by atoms with Gasteiger partial charge in [-0.25, -0.2) is 4.98 Å². The fraction of sp³-hybridized carbons (Fsp3) is 0.143. The Kier molecular flexibility index (Phi) is 4.62. The lowest BCUT2D eigenvalue weighted by atomic mass is 10.2. The Hall–Kier alpha value is -1.59. The lowest BCUT2D eigenvalue weighted by molar-refractivity contribution is 0.102. The van der Waals surface area contributed by atoms with Crippen molar-refractivity contribution in [3.63, 3.8) is 0 Å². The monoisotopic (exact) mass is 353 g/mol. The van der Waals surface area contributed by atoms with Gasteiger partial charge in [-0.15, -0.1) is 0 Å². The van der Waals surface area contributed by atoms with Crippen molar-refractivity contribution in [2.24, 2.45) is 0 Å². The van der Waals surface area contributed by atoms with Crippen LogP contribution in [0, 0.1) is 6.92 Å². The first-order valence-electron chi connectivity index (χ1n) is 5.92. The molecule has 0 fully saturated rings. The first kappa shape index (κ1) is 14.8. The predicted molar refractivity (Wildman–Crippen MR) is 85.6 cm³/mol. The molecule has 2 rings (SSSR count). The zero-order valence-corrected chi connectivity index (χ0v) is 13.3. The Labute approximate surface area is 130 Å². The first-order valence-corrected chi connectivity index (χ1v) is 7.09. The van der Waals surface area contributed by atoms with Crippen LogP contribution >= 0.6 is 27.5 Å². The summed E-state index contributed by atoms with van der Waals surface area (Å²) in [4.78, 5) is 16.5. The Morgan fingerprint density at radius 2 is 2.05 bits per heavy atom. The van der Waals surface area contributed by atoms with Crippen LogP contribution in [-0.2, 0) is 0 Å². The van der Waals surface area contributed by atoms with Crippen LogP contribution < -0.4 is 10.6 Å². The molecule has 0 aliphatic heterocycles. The predicted octanol–water partition coefficient (Wildman–Crippen LogP) is 4.10. The number of anilines is 2. The highest BCUT2D eigenvalue weighted by atomic mass is 79.9. The van der Waals surface area contributed by atoms with Gasteiger partial charge in [-0.05, 0) is 53.2 Å². The Morgan fingerprint density at radius 1 is 1.30 bits per heavy atom. The molecule has 104 valence electrons. The van der Waals surface area contributed by atoms with Crippen LogP contribution in [-0.4, -0.2) is 17.9 Å². The highest BCUT2D eigenvalue weighted by molar-refractivity contribution is 9.10. The maximum Gasteiger partial charge on any atom is 0.255 e. The maximum atomic E-state index is 12.2. The summed E-state index contributed by atoms with van der Waals surface area (Å²) in [7, 11) is 1.76. The Balaban J connectivity index is 2.23. The number of carbonyl (C=O) groups is 1. The Morgan fingerprint density at radius 3 is 2.70 bits per heavy atom. The van der Waals surface area contributed by atoms with Gasteiger partial charge in [0, 0.05) is 28.5 Å². The summed E-state index contributed by atoms with van der Waals surface area (Å²) in [5.41, 5.74) is 2.00. The van der Waals surface area contributed by atoms with E-state index in [4.69, 9.17) is 11.6 Å². The number of halogens is 2. The summed E-state index contributed by atoms with van der Waals surface area (Å²) in [5, 5.41) is 6.35. The molecule has 4 nitrogen and oxygen atoms in total. The van der Waals surface area contributed by atoms with Crippen LogP contribution in [0.5, 0.6) is 0 Å². The minimum absolute atomic E-state index is 0.193. The van der Waals surface area contributed by atoms with Crippen molar-refractivity contribution in [2.75, 3.05) is 17.7 Å². The quantitative estimate of drug-likeness (QED) is 0.872. The van der Waals surface area contributed by atoms with Gasteiger partial charge in [-0.2, -0.15) is 0 Å². The second-order valence-electron chi connectivity index (χ2n) is 4.22. The number of aryl methyl sites for hydroxylation is 1. The summed E-state index contributed by atoms with van der Waals surface area (Å²) < 4.78 is 0.735. The van der Waals surface area contributed by atoms with E-state index in [1.54, 1.807) is 37.4 Å². The molecule has 20 heavy (non-hydrogen) atoms. The van der Waals surface area contributed by atoms with Gasteiger partial charge in [0.1, 0.15) is 5.82 Å². The number of nitrogens with zero attached hydrogens (tertiary/aromatic N) is 1. The third-order valence-corrected chi connectivity index (χ3v) is 3.86. The largest absolute Gasteiger partial charge is 0.373 e. The molecule has 0 radical (unpaired) electrons. The molecular weight excluding hydrogens is 342 g/mol. The second kappa shape index (κ2) is 6.24. The van der Waals surface area contributed by atoms with E-state index in [1.807, 2.05) is 6.92 Å². The SMILES string of the molecule is CNc1cc(C(=O)Nc2ccc(Cl)c(Br)c2)cc(C)n1. The molecule has 0 aliphatic rings. The van der Waals surface area contributed by atoms with Gasteiger partial charge >= 0.3 is 0 Å². The van der Waals surface area contributed by atoms with E-state index in [0.717, 1.165) is 10.2 Å². The topological polar surface area (TPSA) is 54.0 Å². The van der Waals surface area contributed by atoms with E-state index in [2.05, 4.69) is 31.5 Å². The van der Waals surface area contributed by atoms with Crippen LogP contribution in [0.3, 0.4) is 0 Å². The third kappa shape index (κ3) is 3.49. The lowest BCUT2D eigenvalue weighted by Crippen LogP contribution is -2.13. The van der Waals surface area contributed by atoms with Gasteiger partial charge in [0.25, 0.3) is 5.91 Å². The van der Waals surface area contributed by atoms with Gasteiger partial charge in [-0.3, -0.25) is 4.79 Å². The molecule has 0 unspecified atom stereocenters. The van der Waals surface area contributed by atoms with Gasteiger partial charge in [0.05, 0.1) is 5.02 Å². The lowest BCUT2D eigenvalue weighted by Gasteiger charge is -2.08. The molecule has 0 spiro atoms. The van der Waals surface area contributed by atoms with Gasteiger partial charge < -0.3 is 10.6 Å². The van der Waals surface area contributed by atoms with E-state index < -0.39 is 0 Å². The van der Waals surface area contributed by atoms with Crippen molar-refractivity contribution in [1.82, 2.24) is 4.98 Å². The molecule has 2 N–H and O–H groups in total. The van der Waals surface area contributed by atoms with Crippen molar-refractivity contribution in [3.8, 4) is 0 Å². The summed E-state index contributed by atoms with van der Waals surface area (Å²) in [5.74, 6) is 0.466. The summed E-state index contributed by atoms with van der Waals surface area (Å²) in [6.07, 6.45) is 0. The number of hydrogen-bond donors (Lipinski definition) is 2. The fourth-order valence-electron chi connectivity index (χ4n) is 1.70. The molecule has 1 heterocycles. The van der Waals surface area contributed by atoms with Crippen molar-refractivity contribution in [3.05, 3.63) is 51.1 Å².